The van der Waals surface area contributed by atoms with Crippen LogP contribution in [0, 0.1) is 5.82 Å². The Morgan fingerprint density at radius 3 is 2.54 bits per heavy atom. The Labute approximate surface area is 224 Å². The second-order valence-electron chi connectivity index (χ2n) is 9.26. The van der Waals surface area contributed by atoms with Crippen molar-refractivity contribution in [1.82, 2.24) is 14.5 Å². The predicted octanol–water partition coefficient (Wildman–Crippen LogP) is 2.63. The standard InChI is InChI=1S/C27H26FN3O7S/c28-19-11-9-18(10-12-19)16-30(24(32)17-31-27(34)21-6-1-2-8-23(21)39(31,35)36)25(22-7-4-14-38-22)26(33)29-15-20-5-3-13-37-20/h1-2,4,6-12,14,20,25H,3,5,13,15-17H2,(H,29,33)/t20-,25-/m1/s1. The molecule has 5 rings (SSSR count). The van der Waals surface area contributed by atoms with Gasteiger partial charge in [0.2, 0.25) is 5.91 Å². The molecule has 0 bridgehead atoms. The first-order valence-electron chi connectivity index (χ1n) is 12.4. The Morgan fingerprint density at radius 2 is 1.87 bits per heavy atom. The van der Waals surface area contributed by atoms with Crippen molar-refractivity contribution in [3.8, 4) is 0 Å². The van der Waals surface area contributed by atoms with Crippen LogP contribution >= 0.6 is 0 Å². The molecule has 1 fully saturated rings. The first-order valence-corrected chi connectivity index (χ1v) is 13.8. The topological polar surface area (TPSA) is 126 Å². The average Bonchev–Trinajstić information content (AvgIpc) is 3.68. The van der Waals surface area contributed by atoms with Gasteiger partial charge < -0.3 is 19.4 Å². The third kappa shape index (κ3) is 5.43. The number of nitrogens with one attached hydrogen (secondary N) is 1. The lowest BCUT2D eigenvalue weighted by molar-refractivity contribution is -0.142. The summed E-state index contributed by atoms with van der Waals surface area (Å²) in [6.07, 6.45) is 2.83. The fourth-order valence-corrected chi connectivity index (χ4v) is 6.22. The van der Waals surface area contributed by atoms with E-state index in [1.165, 1.54) is 60.9 Å². The summed E-state index contributed by atoms with van der Waals surface area (Å²) >= 11 is 0. The minimum Gasteiger partial charge on any atom is -0.467 e. The highest BCUT2D eigenvalue weighted by molar-refractivity contribution is 7.90. The monoisotopic (exact) mass is 555 g/mol. The van der Waals surface area contributed by atoms with Crippen LogP contribution in [0.15, 0.2) is 76.2 Å². The second-order valence-corrected chi connectivity index (χ2v) is 11.1. The number of halogens is 1. The number of carbonyl (C=O) groups excluding carboxylic acids is 3. The van der Waals surface area contributed by atoms with Crippen LogP contribution < -0.4 is 5.32 Å². The number of nitrogens with zero attached hydrogens (tertiary/aromatic N) is 2. The molecule has 10 nitrogen and oxygen atoms in total. The lowest BCUT2D eigenvalue weighted by Gasteiger charge is -2.31. The van der Waals surface area contributed by atoms with E-state index in [-0.39, 0.29) is 35.4 Å². The van der Waals surface area contributed by atoms with Gasteiger partial charge in [0.1, 0.15) is 23.0 Å². The molecule has 3 heterocycles. The first-order chi connectivity index (χ1) is 18.8. The van der Waals surface area contributed by atoms with Crippen LogP contribution in [0.4, 0.5) is 4.39 Å². The summed E-state index contributed by atoms with van der Waals surface area (Å²) in [6.45, 7) is -0.221. The summed E-state index contributed by atoms with van der Waals surface area (Å²) < 4.78 is 51.4. The van der Waals surface area contributed by atoms with Crippen LogP contribution in [-0.4, -0.2) is 61.1 Å². The Bertz CT molecular complexity index is 1470. The molecule has 3 amide bonds. The molecule has 1 aromatic heterocycles. The van der Waals surface area contributed by atoms with Crippen molar-refractivity contribution in [3.63, 3.8) is 0 Å². The maximum Gasteiger partial charge on any atom is 0.269 e. The quantitative estimate of drug-likeness (QED) is 0.430. The largest absolute Gasteiger partial charge is 0.467 e. The number of fused-ring (bicyclic) bond motifs is 1. The van der Waals surface area contributed by atoms with Gasteiger partial charge in [-0.15, -0.1) is 0 Å². The van der Waals surface area contributed by atoms with Gasteiger partial charge in [0.05, 0.1) is 17.9 Å². The van der Waals surface area contributed by atoms with E-state index in [9.17, 15) is 27.2 Å². The molecule has 1 N–H and O–H groups in total. The van der Waals surface area contributed by atoms with Gasteiger partial charge in [-0.25, -0.2) is 17.1 Å². The Hall–Kier alpha value is -4.03. The van der Waals surface area contributed by atoms with Crippen molar-refractivity contribution in [2.75, 3.05) is 19.7 Å². The second kappa shape index (κ2) is 11.0. The molecular formula is C27H26FN3O7S. The van der Waals surface area contributed by atoms with E-state index in [0.29, 0.717) is 16.5 Å². The summed E-state index contributed by atoms with van der Waals surface area (Å²) in [5.74, 6) is -2.58. The molecular weight excluding hydrogens is 529 g/mol. The minimum absolute atomic E-state index is 0.0349. The number of furan rings is 1. The molecule has 0 radical (unpaired) electrons. The lowest BCUT2D eigenvalue weighted by atomic mass is 10.1. The molecule has 3 aromatic rings. The van der Waals surface area contributed by atoms with E-state index in [0.717, 1.165) is 17.7 Å². The first kappa shape index (κ1) is 26.6. The Morgan fingerprint density at radius 1 is 1.10 bits per heavy atom. The average molecular weight is 556 g/mol. The van der Waals surface area contributed by atoms with Crippen molar-refractivity contribution in [2.24, 2.45) is 0 Å². The van der Waals surface area contributed by atoms with Crippen molar-refractivity contribution in [3.05, 3.63) is 89.6 Å². The van der Waals surface area contributed by atoms with E-state index in [1.54, 1.807) is 6.07 Å². The number of carbonyl (C=O) groups is 3. The van der Waals surface area contributed by atoms with Gasteiger partial charge in [0, 0.05) is 19.7 Å². The highest BCUT2D eigenvalue weighted by Gasteiger charge is 2.44. The number of hydrogen-bond acceptors (Lipinski definition) is 7. The van der Waals surface area contributed by atoms with Crippen LogP contribution in [0.25, 0.3) is 0 Å². The summed E-state index contributed by atoms with van der Waals surface area (Å²) in [4.78, 5) is 41.2. The molecule has 2 aromatic carbocycles. The van der Waals surface area contributed by atoms with E-state index in [1.807, 2.05) is 0 Å². The Balaban J connectivity index is 1.47. The number of ether oxygens (including phenoxy) is 1. The zero-order chi connectivity index (χ0) is 27.6. The summed E-state index contributed by atoms with van der Waals surface area (Å²) in [7, 11) is -4.28. The van der Waals surface area contributed by atoms with E-state index >= 15 is 0 Å². The van der Waals surface area contributed by atoms with Crippen molar-refractivity contribution in [1.29, 1.82) is 0 Å². The molecule has 2 aliphatic rings. The van der Waals surface area contributed by atoms with E-state index in [4.69, 9.17) is 9.15 Å². The van der Waals surface area contributed by atoms with Crippen LogP contribution in [0.3, 0.4) is 0 Å². The number of rotatable bonds is 9. The van der Waals surface area contributed by atoms with Crippen molar-refractivity contribution < 1.29 is 36.3 Å². The fraction of sp³-hybridized carbons (Fsp3) is 0.296. The third-order valence-corrected chi connectivity index (χ3v) is 8.47. The van der Waals surface area contributed by atoms with Gasteiger partial charge in [-0.2, -0.15) is 0 Å². The normalized spacial score (nSPS) is 18.5. The third-order valence-electron chi connectivity index (χ3n) is 6.68. The fourth-order valence-electron chi connectivity index (χ4n) is 4.70. The molecule has 39 heavy (non-hydrogen) atoms. The molecule has 0 aliphatic carbocycles. The van der Waals surface area contributed by atoms with Gasteiger partial charge >= 0.3 is 0 Å². The van der Waals surface area contributed by atoms with Crippen LogP contribution in [0.5, 0.6) is 0 Å². The van der Waals surface area contributed by atoms with Gasteiger partial charge in [-0.3, -0.25) is 14.4 Å². The van der Waals surface area contributed by atoms with Gasteiger partial charge in [0.15, 0.2) is 6.04 Å². The SMILES string of the molecule is O=C(NC[C@H]1CCCO1)[C@@H](c1ccco1)N(Cc1ccc(F)cc1)C(=O)CN1C(=O)c2ccccc2S1(=O)=O. The Kier molecular flexibility index (Phi) is 7.49. The van der Waals surface area contributed by atoms with Crippen LogP contribution in [-0.2, 0) is 30.9 Å². The van der Waals surface area contributed by atoms with Crippen LogP contribution in [0.2, 0.25) is 0 Å². The molecule has 0 unspecified atom stereocenters. The maximum absolute atomic E-state index is 13.8. The number of hydrogen-bond donors (Lipinski definition) is 1. The smallest absolute Gasteiger partial charge is 0.269 e. The van der Waals surface area contributed by atoms with E-state index in [2.05, 4.69) is 5.32 Å². The molecule has 12 heteroatoms. The zero-order valence-corrected chi connectivity index (χ0v) is 21.6. The number of sulfonamides is 1. The van der Waals surface area contributed by atoms with Crippen LogP contribution in [0.1, 0.15) is 40.6 Å². The highest BCUT2D eigenvalue weighted by Crippen LogP contribution is 2.31. The number of amides is 3. The highest BCUT2D eigenvalue weighted by atomic mass is 32.2. The van der Waals surface area contributed by atoms with Gasteiger partial charge in [-0.05, 0) is 54.8 Å². The lowest BCUT2D eigenvalue weighted by Crippen LogP contribution is -2.48. The molecule has 1 saturated heterocycles. The predicted molar refractivity (Wildman–Crippen MR) is 135 cm³/mol. The molecule has 0 saturated carbocycles. The molecule has 204 valence electrons. The minimum atomic E-state index is -4.28. The van der Waals surface area contributed by atoms with E-state index < -0.39 is 46.1 Å². The summed E-state index contributed by atoms with van der Waals surface area (Å²) in [6, 6.07) is 12.8. The molecule has 0 spiro atoms. The molecule has 2 aliphatic heterocycles. The summed E-state index contributed by atoms with van der Waals surface area (Å²) in [5, 5.41) is 2.80. The molecule has 2 atom stereocenters. The van der Waals surface area contributed by atoms with Crippen molar-refractivity contribution in [2.45, 2.75) is 36.4 Å². The number of benzene rings is 2. The summed E-state index contributed by atoms with van der Waals surface area (Å²) in [5.41, 5.74) is 0.444. The maximum atomic E-state index is 13.8. The zero-order valence-electron chi connectivity index (χ0n) is 20.8. The van der Waals surface area contributed by atoms with Gasteiger partial charge in [0.25, 0.3) is 21.8 Å². The van der Waals surface area contributed by atoms with Gasteiger partial charge in [-0.1, -0.05) is 24.3 Å². The van der Waals surface area contributed by atoms with Crippen molar-refractivity contribution >= 4 is 27.7 Å².